The van der Waals surface area contributed by atoms with Gasteiger partial charge in [0.05, 0.1) is 5.41 Å². The SMILES string of the molecule is CC1CN(C2CC2)CCN1C(=O)C1(c2ccc(Cl)cc2)CCC1. The molecule has 1 unspecified atom stereocenters. The van der Waals surface area contributed by atoms with E-state index in [4.69, 9.17) is 11.6 Å². The molecule has 4 rings (SSSR count). The maximum Gasteiger partial charge on any atom is 0.233 e. The van der Waals surface area contributed by atoms with Crippen molar-refractivity contribution in [1.29, 1.82) is 0 Å². The molecule has 0 spiro atoms. The van der Waals surface area contributed by atoms with Gasteiger partial charge in [-0.15, -0.1) is 0 Å². The van der Waals surface area contributed by atoms with Crippen molar-refractivity contribution >= 4 is 17.5 Å². The zero-order chi connectivity index (χ0) is 16.0. The average molecular weight is 333 g/mol. The van der Waals surface area contributed by atoms with Crippen molar-refractivity contribution in [2.45, 2.75) is 56.5 Å². The number of nitrogens with zero attached hydrogens (tertiary/aromatic N) is 2. The fourth-order valence-corrected chi connectivity index (χ4v) is 4.38. The zero-order valence-corrected chi connectivity index (χ0v) is 14.6. The molecular weight excluding hydrogens is 308 g/mol. The Kier molecular flexibility index (Phi) is 3.89. The molecule has 1 aliphatic heterocycles. The van der Waals surface area contributed by atoms with Crippen molar-refractivity contribution in [2.75, 3.05) is 19.6 Å². The first kappa shape index (κ1) is 15.5. The Morgan fingerprint density at radius 3 is 2.39 bits per heavy atom. The Labute approximate surface area is 143 Å². The highest BCUT2D eigenvalue weighted by Crippen LogP contribution is 2.46. The van der Waals surface area contributed by atoms with E-state index in [1.54, 1.807) is 0 Å². The predicted molar refractivity (Wildman–Crippen MR) is 92.8 cm³/mol. The molecule has 0 aromatic heterocycles. The minimum Gasteiger partial charge on any atom is -0.337 e. The van der Waals surface area contributed by atoms with E-state index in [1.807, 2.05) is 24.3 Å². The molecule has 0 radical (unpaired) electrons. The molecule has 3 aliphatic rings. The highest BCUT2D eigenvalue weighted by atomic mass is 35.5. The first-order chi connectivity index (χ1) is 11.1. The van der Waals surface area contributed by atoms with Crippen molar-refractivity contribution < 1.29 is 4.79 Å². The van der Waals surface area contributed by atoms with Gasteiger partial charge in [-0.1, -0.05) is 30.2 Å². The molecule has 0 N–H and O–H groups in total. The highest BCUT2D eigenvalue weighted by Gasteiger charge is 2.49. The van der Waals surface area contributed by atoms with Crippen LogP contribution in [0, 0.1) is 0 Å². The molecule has 3 fully saturated rings. The number of amides is 1. The van der Waals surface area contributed by atoms with Gasteiger partial charge in [-0.3, -0.25) is 9.69 Å². The van der Waals surface area contributed by atoms with Crippen LogP contribution in [-0.2, 0) is 10.2 Å². The number of hydrogen-bond donors (Lipinski definition) is 0. The summed E-state index contributed by atoms with van der Waals surface area (Å²) in [5.41, 5.74) is 0.857. The van der Waals surface area contributed by atoms with Crippen LogP contribution in [-0.4, -0.2) is 47.4 Å². The van der Waals surface area contributed by atoms with Gasteiger partial charge in [0.25, 0.3) is 0 Å². The lowest BCUT2D eigenvalue weighted by atomic mass is 9.63. The van der Waals surface area contributed by atoms with E-state index in [-0.39, 0.29) is 5.41 Å². The third-order valence-electron chi connectivity index (χ3n) is 6.00. The van der Waals surface area contributed by atoms with E-state index in [0.29, 0.717) is 11.9 Å². The monoisotopic (exact) mass is 332 g/mol. The Morgan fingerprint density at radius 2 is 1.87 bits per heavy atom. The summed E-state index contributed by atoms with van der Waals surface area (Å²) in [4.78, 5) is 18.1. The van der Waals surface area contributed by atoms with E-state index >= 15 is 0 Å². The van der Waals surface area contributed by atoms with E-state index in [0.717, 1.165) is 55.5 Å². The molecule has 2 saturated carbocycles. The van der Waals surface area contributed by atoms with Crippen LogP contribution < -0.4 is 0 Å². The van der Waals surface area contributed by atoms with Gasteiger partial charge < -0.3 is 4.90 Å². The molecule has 2 aliphatic carbocycles. The molecule has 1 aromatic rings. The van der Waals surface area contributed by atoms with Crippen LogP contribution in [0.3, 0.4) is 0 Å². The minimum absolute atomic E-state index is 0.291. The van der Waals surface area contributed by atoms with Crippen molar-refractivity contribution in [1.82, 2.24) is 9.80 Å². The molecule has 1 aromatic carbocycles. The van der Waals surface area contributed by atoms with Gasteiger partial charge in [0.1, 0.15) is 0 Å². The van der Waals surface area contributed by atoms with Crippen molar-refractivity contribution in [2.24, 2.45) is 0 Å². The van der Waals surface area contributed by atoms with Crippen LogP contribution in [0.4, 0.5) is 0 Å². The maximum atomic E-state index is 13.4. The van der Waals surface area contributed by atoms with Crippen LogP contribution in [0.2, 0.25) is 5.02 Å². The third kappa shape index (κ3) is 2.68. The van der Waals surface area contributed by atoms with Gasteiger partial charge in [0.15, 0.2) is 0 Å². The summed E-state index contributed by atoms with van der Waals surface area (Å²) in [6, 6.07) is 9.04. The standard InChI is InChI=1S/C19H25ClN2O/c1-14-13-21(17-7-8-17)11-12-22(14)18(23)19(9-2-10-19)15-3-5-16(20)6-4-15/h3-6,14,17H,2,7-13H2,1H3. The summed E-state index contributed by atoms with van der Waals surface area (Å²) in [6.07, 6.45) is 5.78. The van der Waals surface area contributed by atoms with Crippen molar-refractivity contribution in [3.05, 3.63) is 34.9 Å². The Morgan fingerprint density at radius 1 is 1.17 bits per heavy atom. The summed E-state index contributed by atoms with van der Waals surface area (Å²) in [5.74, 6) is 0.342. The van der Waals surface area contributed by atoms with Crippen LogP contribution in [0.1, 0.15) is 44.6 Å². The summed E-state index contributed by atoms with van der Waals surface area (Å²) < 4.78 is 0. The fraction of sp³-hybridized carbons (Fsp3) is 0.632. The topological polar surface area (TPSA) is 23.6 Å². The molecule has 0 bridgehead atoms. The molecule has 1 amide bonds. The lowest BCUT2D eigenvalue weighted by molar-refractivity contribution is -0.145. The van der Waals surface area contributed by atoms with Gasteiger partial charge in [0.2, 0.25) is 5.91 Å². The lowest BCUT2D eigenvalue weighted by Crippen LogP contribution is -2.60. The zero-order valence-electron chi connectivity index (χ0n) is 13.8. The number of carbonyl (C=O) groups excluding carboxylic acids is 1. The Bertz CT molecular complexity index is 592. The number of halogens is 1. The lowest BCUT2D eigenvalue weighted by Gasteiger charge is -2.48. The number of carbonyl (C=O) groups is 1. The number of rotatable bonds is 3. The predicted octanol–water partition coefficient (Wildman–Crippen LogP) is 3.46. The second kappa shape index (κ2) is 5.78. The molecule has 23 heavy (non-hydrogen) atoms. The third-order valence-corrected chi connectivity index (χ3v) is 6.25. The first-order valence-corrected chi connectivity index (χ1v) is 9.29. The van der Waals surface area contributed by atoms with Crippen molar-refractivity contribution in [3.8, 4) is 0 Å². The van der Waals surface area contributed by atoms with Crippen molar-refractivity contribution in [3.63, 3.8) is 0 Å². The fourth-order valence-electron chi connectivity index (χ4n) is 4.26. The van der Waals surface area contributed by atoms with Gasteiger partial charge in [0, 0.05) is 36.7 Å². The Hall–Kier alpha value is -1.06. The van der Waals surface area contributed by atoms with E-state index in [1.165, 1.54) is 12.8 Å². The minimum atomic E-state index is -0.291. The van der Waals surface area contributed by atoms with Crippen LogP contribution in [0.25, 0.3) is 0 Å². The molecule has 1 heterocycles. The number of piperazine rings is 1. The maximum absolute atomic E-state index is 13.4. The summed E-state index contributed by atoms with van der Waals surface area (Å²) in [5, 5.41) is 0.738. The van der Waals surface area contributed by atoms with Gasteiger partial charge >= 0.3 is 0 Å². The van der Waals surface area contributed by atoms with Crippen LogP contribution in [0.15, 0.2) is 24.3 Å². The van der Waals surface area contributed by atoms with E-state index in [2.05, 4.69) is 16.7 Å². The molecule has 3 nitrogen and oxygen atoms in total. The molecule has 1 atom stereocenters. The van der Waals surface area contributed by atoms with Gasteiger partial charge in [-0.2, -0.15) is 0 Å². The quantitative estimate of drug-likeness (QED) is 0.846. The number of hydrogen-bond acceptors (Lipinski definition) is 2. The molecule has 1 saturated heterocycles. The second-order valence-electron chi connectivity index (χ2n) is 7.52. The summed E-state index contributed by atoms with van der Waals surface area (Å²) in [6.45, 7) is 5.16. The molecular formula is C19H25ClN2O. The van der Waals surface area contributed by atoms with E-state index < -0.39 is 0 Å². The molecule has 4 heteroatoms. The summed E-state index contributed by atoms with van der Waals surface area (Å²) >= 11 is 6.03. The summed E-state index contributed by atoms with van der Waals surface area (Å²) in [7, 11) is 0. The van der Waals surface area contributed by atoms with Crippen LogP contribution >= 0.6 is 11.6 Å². The normalized spacial score (nSPS) is 27.6. The first-order valence-electron chi connectivity index (χ1n) is 8.91. The van der Waals surface area contributed by atoms with E-state index in [9.17, 15) is 4.79 Å². The smallest absolute Gasteiger partial charge is 0.233 e. The van der Waals surface area contributed by atoms with Crippen LogP contribution in [0.5, 0.6) is 0 Å². The number of benzene rings is 1. The van der Waals surface area contributed by atoms with Gasteiger partial charge in [-0.25, -0.2) is 0 Å². The average Bonchev–Trinajstić information content (AvgIpc) is 3.32. The largest absolute Gasteiger partial charge is 0.337 e. The molecule has 124 valence electrons. The second-order valence-corrected chi connectivity index (χ2v) is 7.95. The Balaban J connectivity index is 1.53. The van der Waals surface area contributed by atoms with Gasteiger partial charge in [-0.05, 0) is 50.3 Å². The highest BCUT2D eigenvalue weighted by molar-refractivity contribution is 6.30.